The summed E-state index contributed by atoms with van der Waals surface area (Å²) in [6.45, 7) is 2.88. The second-order valence-corrected chi connectivity index (χ2v) is 3.21. The zero-order valence-corrected chi connectivity index (χ0v) is 8.28. The van der Waals surface area contributed by atoms with Gasteiger partial charge >= 0.3 is 17.9 Å². The zero-order valence-electron chi connectivity index (χ0n) is 8.28. The lowest BCUT2D eigenvalue weighted by atomic mass is 10.0. The quantitative estimate of drug-likeness (QED) is 0.530. The Kier molecular flexibility index (Phi) is 5.52. The first-order chi connectivity index (χ1) is 6.41. The van der Waals surface area contributed by atoms with Gasteiger partial charge in [-0.3, -0.25) is 14.4 Å². The third-order valence-corrected chi connectivity index (χ3v) is 1.62. The van der Waals surface area contributed by atoms with Crippen LogP contribution >= 0.6 is 0 Å². The molecule has 0 heterocycles. The average molecular weight is 202 g/mol. The Morgan fingerprint density at radius 1 is 1.36 bits per heavy atom. The molecule has 0 saturated heterocycles. The van der Waals surface area contributed by atoms with Crippen molar-refractivity contribution < 1.29 is 24.2 Å². The number of carbonyl (C=O) groups is 3. The Balaban J connectivity index is 3.66. The third-order valence-electron chi connectivity index (χ3n) is 1.62. The van der Waals surface area contributed by atoms with Crippen LogP contribution in [0.3, 0.4) is 0 Å². The van der Waals surface area contributed by atoms with Crippen molar-refractivity contribution in [2.45, 2.75) is 33.1 Å². The molecule has 0 spiro atoms. The van der Waals surface area contributed by atoms with Crippen LogP contribution in [0, 0.1) is 5.92 Å². The molecule has 1 unspecified atom stereocenters. The first-order valence-electron chi connectivity index (χ1n) is 4.35. The molecule has 1 N–H and O–H groups in total. The maximum Gasteiger partial charge on any atom is 0.313 e. The van der Waals surface area contributed by atoms with Gasteiger partial charge in [0.15, 0.2) is 0 Å². The highest BCUT2D eigenvalue weighted by molar-refractivity contribution is 5.84. The summed E-state index contributed by atoms with van der Waals surface area (Å²) >= 11 is 0. The van der Waals surface area contributed by atoms with Gasteiger partial charge in [0, 0.05) is 19.8 Å². The van der Waals surface area contributed by atoms with Gasteiger partial charge in [0.2, 0.25) is 0 Å². The number of carboxylic acids is 1. The van der Waals surface area contributed by atoms with E-state index in [1.165, 1.54) is 0 Å². The van der Waals surface area contributed by atoms with Gasteiger partial charge in [-0.1, -0.05) is 6.92 Å². The van der Waals surface area contributed by atoms with E-state index in [9.17, 15) is 14.4 Å². The normalized spacial score (nSPS) is 11.9. The van der Waals surface area contributed by atoms with E-state index in [2.05, 4.69) is 4.74 Å². The minimum Gasteiger partial charge on any atom is -0.481 e. The Morgan fingerprint density at radius 2 is 1.93 bits per heavy atom. The van der Waals surface area contributed by atoms with Crippen molar-refractivity contribution in [2.24, 2.45) is 5.92 Å². The van der Waals surface area contributed by atoms with Crippen LogP contribution in [0.25, 0.3) is 0 Å². The minimum atomic E-state index is -0.891. The second-order valence-electron chi connectivity index (χ2n) is 3.21. The zero-order chi connectivity index (χ0) is 11.1. The van der Waals surface area contributed by atoms with Crippen LogP contribution in [0.4, 0.5) is 0 Å². The molecule has 0 aliphatic rings. The van der Waals surface area contributed by atoms with Crippen LogP contribution in [-0.4, -0.2) is 23.0 Å². The molecule has 0 rings (SSSR count). The number of esters is 2. The van der Waals surface area contributed by atoms with Crippen LogP contribution in [0.1, 0.15) is 33.1 Å². The van der Waals surface area contributed by atoms with Crippen molar-refractivity contribution in [3.8, 4) is 0 Å². The van der Waals surface area contributed by atoms with Gasteiger partial charge in [-0.2, -0.15) is 0 Å². The van der Waals surface area contributed by atoms with Crippen molar-refractivity contribution in [2.75, 3.05) is 0 Å². The van der Waals surface area contributed by atoms with E-state index in [0.717, 1.165) is 6.92 Å². The standard InChI is InChI=1S/C9H14O5/c1-6(5-8(11)12)3-4-9(13)14-7(2)10/h6H,3-5H2,1-2H3,(H,11,12). The number of ether oxygens (including phenoxy) is 1. The fourth-order valence-electron chi connectivity index (χ4n) is 0.976. The number of rotatable bonds is 5. The van der Waals surface area contributed by atoms with Gasteiger partial charge in [-0.25, -0.2) is 0 Å². The molecule has 0 aromatic carbocycles. The first-order valence-corrected chi connectivity index (χ1v) is 4.35. The average Bonchev–Trinajstić information content (AvgIpc) is 1.98. The molecule has 0 saturated carbocycles. The van der Waals surface area contributed by atoms with Crippen molar-refractivity contribution in [1.29, 1.82) is 0 Å². The van der Waals surface area contributed by atoms with Gasteiger partial charge in [0.05, 0.1) is 0 Å². The van der Waals surface area contributed by atoms with Gasteiger partial charge in [-0.05, 0) is 12.3 Å². The first kappa shape index (κ1) is 12.6. The fraction of sp³-hybridized carbons (Fsp3) is 0.667. The molecule has 0 aliphatic heterocycles. The van der Waals surface area contributed by atoms with Gasteiger partial charge < -0.3 is 9.84 Å². The van der Waals surface area contributed by atoms with E-state index in [1.807, 2.05) is 0 Å². The molecule has 0 fully saturated rings. The van der Waals surface area contributed by atoms with Gasteiger partial charge in [0.1, 0.15) is 0 Å². The van der Waals surface area contributed by atoms with Crippen LogP contribution in [0.15, 0.2) is 0 Å². The molecular weight excluding hydrogens is 188 g/mol. The number of hydrogen-bond donors (Lipinski definition) is 1. The molecule has 14 heavy (non-hydrogen) atoms. The van der Waals surface area contributed by atoms with Crippen molar-refractivity contribution in [1.82, 2.24) is 0 Å². The maximum atomic E-state index is 10.9. The molecule has 0 amide bonds. The smallest absolute Gasteiger partial charge is 0.313 e. The molecule has 1 atom stereocenters. The Bertz CT molecular complexity index is 233. The number of carbonyl (C=O) groups excluding carboxylic acids is 2. The molecule has 0 bridgehead atoms. The molecule has 5 nitrogen and oxygen atoms in total. The third kappa shape index (κ3) is 7.27. The highest BCUT2D eigenvalue weighted by Gasteiger charge is 2.11. The van der Waals surface area contributed by atoms with Crippen LogP contribution in [0.2, 0.25) is 0 Å². The van der Waals surface area contributed by atoms with E-state index >= 15 is 0 Å². The summed E-state index contributed by atoms with van der Waals surface area (Å²) in [6.07, 6.45) is 0.514. The molecule has 0 aromatic rings. The summed E-state index contributed by atoms with van der Waals surface area (Å²) in [6, 6.07) is 0. The van der Waals surface area contributed by atoms with Crippen LogP contribution in [-0.2, 0) is 19.1 Å². The highest BCUT2D eigenvalue weighted by Crippen LogP contribution is 2.10. The summed E-state index contributed by atoms with van der Waals surface area (Å²) in [7, 11) is 0. The molecular formula is C9H14O5. The predicted octanol–water partition coefficient (Wildman–Crippen LogP) is 0.967. The highest BCUT2D eigenvalue weighted by atomic mass is 16.6. The van der Waals surface area contributed by atoms with Gasteiger partial charge in [0.25, 0.3) is 0 Å². The van der Waals surface area contributed by atoms with Crippen molar-refractivity contribution >= 4 is 17.9 Å². The summed E-state index contributed by atoms with van der Waals surface area (Å²) in [5.74, 6) is -2.22. The monoisotopic (exact) mass is 202 g/mol. The summed E-state index contributed by atoms with van der Waals surface area (Å²) < 4.78 is 4.28. The summed E-state index contributed by atoms with van der Waals surface area (Å²) in [4.78, 5) is 31.5. The number of carboxylic acid groups (broad SMARTS) is 1. The lowest BCUT2D eigenvalue weighted by Gasteiger charge is -2.06. The van der Waals surface area contributed by atoms with E-state index < -0.39 is 17.9 Å². The van der Waals surface area contributed by atoms with E-state index in [4.69, 9.17) is 5.11 Å². The van der Waals surface area contributed by atoms with Crippen molar-refractivity contribution in [3.05, 3.63) is 0 Å². The second kappa shape index (κ2) is 6.12. The van der Waals surface area contributed by atoms with Gasteiger partial charge in [-0.15, -0.1) is 0 Å². The van der Waals surface area contributed by atoms with E-state index in [1.54, 1.807) is 6.92 Å². The van der Waals surface area contributed by atoms with E-state index in [-0.39, 0.29) is 18.8 Å². The number of aliphatic carboxylic acids is 1. The number of hydrogen-bond acceptors (Lipinski definition) is 4. The van der Waals surface area contributed by atoms with Crippen LogP contribution in [0.5, 0.6) is 0 Å². The summed E-state index contributed by atoms with van der Waals surface area (Å²) in [5, 5.41) is 8.42. The maximum absolute atomic E-state index is 10.9. The lowest BCUT2D eigenvalue weighted by molar-refractivity contribution is -0.158. The predicted molar refractivity (Wildman–Crippen MR) is 47.4 cm³/mol. The molecule has 0 aromatic heterocycles. The van der Waals surface area contributed by atoms with Crippen LogP contribution < -0.4 is 0 Å². The Morgan fingerprint density at radius 3 is 2.36 bits per heavy atom. The SMILES string of the molecule is CC(=O)OC(=O)CCC(C)CC(=O)O. The Hall–Kier alpha value is -1.39. The molecule has 0 aliphatic carbocycles. The topological polar surface area (TPSA) is 80.7 Å². The largest absolute Gasteiger partial charge is 0.481 e. The molecule has 0 radical (unpaired) electrons. The lowest BCUT2D eigenvalue weighted by Crippen LogP contribution is -2.11. The molecule has 80 valence electrons. The fourth-order valence-corrected chi connectivity index (χ4v) is 0.976. The Labute approximate surface area is 82.1 Å². The van der Waals surface area contributed by atoms with E-state index in [0.29, 0.717) is 6.42 Å². The minimum absolute atomic E-state index is 0.0212. The molecule has 5 heteroatoms. The summed E-state index contributed by atoms with van der Waals surface area (Å²) in [5.41, 5.74) is 0. The van der Waals surface area contributed by atoms with Crippen molar-refractivity contribution in [3.63, 3.8) is 0 Å².